The van der Waals surface area contributed by atoms with Crippen molar-refractivity contribution in [1.82, 2.24) is 19.9 Å². The third kappa shape index (κ3) is 4.51. The molecule has 8 heteroatoms. The molecule has 1 fully saturated rings. The molecule has 0 radical (unpaired) electrons. The number of nitrogens with one attached hydrogen (secondary N) is 1. The Labute approximate surface area is 184 Å². The van der Waals surface area contributed by atoms with Gasteiger partial charge in [0, 0.05) is 37.8 Å². The second-order valence-electron chi connectivity index (χ2n) is 8.18. The summed E-state index contributed by atoms with van der Waals surface area (Å²) >= 11 is 0. The maximum atomic E-state index is 13.7. The highest BCUT2D eigenvalue weighted by atomic mass is 19.1. The Morgan fingerprint density at radius 2 is 1.91 bits per heavy atom. The SMILES string of the molecule is O=c1ccc2ccc(F)cc2n1CCN1CCC(NCc2cc(-c3ccco3)on2)CC1. The fraction of sp³-hybridized carbons (Fsp3) is 0.333. The number of piperidine rings is 1. The molecule has 0 saturated carbocycles. The molecular formula is C24H25FN4O3. The number of benzene rings is 1. The van der Waals surface area contributed by atoms with Crippen LogP contribution >= 0.6 is 0 Å². The average molecular weight is 436 g/mol. The molecule has 5 rings (SSSR count). The van der Waals surface area contributed by atoms with Gasteiger partial charge in [0.15, 0.2) is 5.76 Å². The number of rotatable bonds is 7. The van der Waals surface area contributed by atoms with Gasteiger partial charge in [-0.15, -0.1) is 0 Å². The second-order valence-corrected chi connectivity index (χ2v) is 8.18. The molecule has 0 aliphatic carbocycles. The van der Waals surface area contributed by atoms with Gasteiger partial charge in [0.25, 0.3) is 5.56 Å². The lowest BCUT2D eigenvalue weighted by molar-refractivity contribution is 0.191. The lowest BCUT2D eigenvalue weighted by Crippen LogP contribution is -2.43. The second kappa shape index (κ2) is 9.10. The van der Waals surface area contributed by atoms with E-state index in [1.54, 1.807) is 29.0 Å². The van der Waals surface area contributed by atoms with E-state index in [9.17, 15) is 9.18 Å². The van der Waals surface area contributed by atoms with Gasteiger partial charge in [-0.1, -0.05) is 5.16 Å². The Kier molecular flexibility index (Phi) is 5.87. The third-order valence-electron chi connectivity index (χ3n) is 6.08. The largest absolute Gasteiger partial charge is 0.461 e. The predicted octanol–water partition coefficient (Wildman–Crippen LogP) is 3.64. The van der Waals surface area contributed by atoms with E-state index < -0.39 is 0 Å². The van der Waals surface area contributed by atoms with Gasteiger partial charge in [0.2, 0.25) is 5.76 Å². The highest BCUT2D eigenvalue weighted by Gasteiger charge is 2.19. The van der Waals surface area contributed by atoms with Crippen molar-refractivity contribution in [1.29, 1.82) is 0 Å². The highest BCUT2D eigenvalue weighted by molar-refractivity contribution is 5.78. The summed E-state index contributed by atoms with van der Waals surface area (Å²) in [6.45, 7) is 3.85. The summed E-state index contributed by atoms with van der Waals surface area (Å²) in [5.74, 6) is 0.974. The van der Waals surface area contributed by atoms with Crippen molar-refractivity contribution in [3.8, 4) is 11.5 Å². The fourth-order valence-electron chi connectivity index (χ4n) is 4.27. The first-order valence-corrected chi connectivity index (χ1v) is 10.9. The van der Waals surface area contributed by atoms with Crippen molar-refractivity contribution in [2.45, 2.75) is 32.0 Å². The van der Waals surface area contributed by atoms with Crippen LogP contribution in [0.5, 0.6) is 0 Å². The van der Waals surface area contributed by atoms with E-state index in [0.29, 0.717) is 36.2 Å². The van der Waals surface area contributed by atoms with E-state index in [1.807, 2.05) is 18.2 Å². The Hall–Kier alpha value is -3.23. The standard InChI is InChI=1S/C24H25FN4O3/c25-18-5-3-17-4-6-24(30)29(21(17)14-18)12-11-28-9-7-19(8-10-28)26-16-20-15-23(32-27-20)22-2-1-13-31-22/h1-6,13-15,19,26H,7-12,16H2. The summed E-state index contributed by atoms with van der Waals surface area (Å²) < 4.78 is 26.1. The van der Waals surface area contributed by atoms with Crippen LogP contribution < -0.4 is 10.9 Å². The number of likely N-dealkylation sites (tertiary alicyclic amines) is 1. The molecular weight excluding hydrogens is 411 g/mol. The van der Waals surface area contributed by atoms with Gasteiger partial charge in [-0.3, -0.25) is 4.79 Å². The molecule has 1 saturated heterocycles. The molecule has 1 aliphatic heterocycles. The van der Waals surface area contributed by atoms with Gasteiger partial charge in [-0.25, -0.2) is 4.39 Å². The smallest absolute Gasteiger partial charge is 0.251 e. The molecule has 4 heterocycles. The summed E-state index contributed by atoms with van der Waals surface area (Å²) in [7, 11) is 0. The van der Waals surface area contributed by atoms with Gasteiger partial charge in [0.1, 0.15) is 5.82 Å². The van der Waals surface area contributed by atoms with Crippen LogP contribution in [0.3, 0.4) is 0 Å². The predicted molar refractivity (Wildman–Crippen MR) is 119 cm³/mol. The number of pyridine rings is 1. The minimum atomic E-state index is -0.327. The number of nitrogens with zero attached hydrogens (tertiary/aromatic N) is 3. The zero-order valence-corrected chi connectivity index (χ0v) is 17.7. The van der Waals surface area contributed by atoms with E-state index in [2.05, 4.69) is 15.4 Å². The zero-order chi connectivity index (χ0) is 21.9. The monoisotopic (exact) mass is 436 g/mol. The molecule has 1 aromatic carbocycles. The van der Waals surface area contributed by atoms with Crippen LogP contribution in [0.25, 0.3) is 22.4 Å². The lowest BCUT2D eigenvalue weighted by Gasteiger charge is -2.32. The summed E-state index contributed by atoms with van der Waals surface area (Å²) in [5.41, 5.74) is 1.40. The van der Waals surface area contributed by atoms with Crippen molar-refractivity contribution in [2.24, 2.45) is 0 Å². The van der Waals surface area contributed by atoms with Crippen molar-refractivity contribution in [3.63, 3.8) is 0 Å². The van der Waals surface area contributed by atoms with Crippen molar-refractivity contribution in [2.75, 3.05) is 19.6 Å². The topological polar surface area (TPSA) is 76.4 Å². The van der Waals surface area contributed by atoms with E-state index in [0.717, 1.165) is 43.6 Å². The Morgan fingerprint density at radius 3 is 2.72 bits per heavy atom. The van der Waals surface area contributed by atoms with Gasteiger partial charge in [-0.05, 0) is 67.7 Å². The van der Waals surface area contributed by atoms with Crippen LogP contribution in [0, 0.1) is 5.82 Å². The summed E-state index contributed by atoms with van der Waals surface area (Å²) in [4.78, 5) is 14.7. The molecule has 7 nitrogen and oxygen atoms in total. The van der Waals surface area contributed by atoms with Crippen molar-refractivity contribution in [3.05, 3.63) is 76.7 Å². The quantitative estimate of drug-likeness (QED) is 0.477. The summed E-state index contributed by atoms with van der Waals surface area (Å²) in [6.07, 6.45) is 3.64. The Bertz CT molecular complexity index is 1240. The summed E-state index contributed by atoms with van der Waals surface area (Å²) in [6, 6.07) is 13.8. The molecule has 0 atom stereocenters. The Balaban J connectivity index is 1.12. The van der Waals surface area contributed by atoms with Crippen LogP contribution in [-0.2, 0) is 13.1 Å². The third-order valence-corrected chi connectivity index (χ3v) is 6.08. The van der Waals surface area contributed by atoms with Crippen LogP contribution in [0.15, 0.2) is 68.5 Å². The zero-order valence-electron chi connectivity index (χ0n) is 17.7. The number of hydrogen-bond acceptors (Lipinski definition) is 6. The lowest BCUT2D eigenvalue weighted by atomic mass is 10.0. The van der Waals surface area contributed by atoms with Gasteiger partial charge < -0.3 is 23.7 Å². The fourth-order valence-corrected chi connectivity index (χ4v) is 4.27. The molecule has 166 valence electrons. The minimum Gasteiger partial charge on any atom is -0.461 e. The number of hydrogen-bond donors (Lipinski definition) is 1. The minimum absolute atomic E-state index is 0.0961. The van der Waals surface area contributed by atoms with Gasteiger partial charge in [-0.2, -0.15) is 0 Å². The van der Waals surface area contributed by atoms with Gasteiger partial charge >= 0.3 is 0 Å². The molecule has 0 amide bonds. The molecule has 0 unspecified atom stereocenters. The summed E-state index contributed by atoms with van der Waals surface area (Å²) in [5, 5.41) is 8.53. The van der Waals surface area contributed by atoms with Crippen molar-refractivity contribution < 1.29 is 13.3 Å². The van der Waals surface area contributed by atoms with Crippen LogP contribution in [0.1, 0.15) is 18.5 Å². The number of furan rings is 1. The first-order chi connectivity index (χ1) is 15.7. The molecule has 0 spiro atoms. The Morgan fingerprint density at radius 1 is 1.06 bits per heavy atom. The maximum absolute atomic E-state index is 13.7. The first kappa shape index (κ1) is 20.7. The van der Waals surface area contributed by atoms with Crippen LogP contribution in [-0.4, -0.2) is 40.3 Å². The van der Waals surface area contributed by atoms with Crippen LogP contribution in [0.4, 0.5) is 4.39 Å². The average Bonchev–Trinajstić information content (AvgIpc) is 3.50. The molecule has 3 aromatic heterocycles. The normalized spacial score (nSPS) is 15.5. The van der Waals surface area contributed by atoms with E-state index in [1.165, 1.54) is 12.1 Å². The first-order valence-electron chi connectivity index (χ1n) is 10.9. The van der Waals surface area contributed by atoms with Gasteiger partial charge in [0.05, 0.1) is 17.5 Å². The number of halogens is 1. The van der Waals surface area contributed by atoms with E-state index in [4.69, 9.17) is 8.94 Å². The number of aromatic nitrogens is 2. The molecule has 4 aromatic rings. The van der Waals surface area contributed by atoms with Crippen LogP contribution in [0.2, 0.25) is 0 Å². The maximum Gasteiger partial charge on any atom is 0.251 e. The molecule has 1 N–H and O–H groups in total. The molecule has 1 aliphatic rings. The van der Waals surface area contributed by atoms with E-state index >= 15 is 0 Å². The highest BCUT2D eigenvalue weighted by Crippen LogP contribution is 2.21. The van der Waals surface area contributed by atoms with E-state index in [-0.39, 0.29) is 11.4 Å². The number of fused-ring (bicyclic) bond motifs is 1. The van der Waals surface area contributed by atoms with Crippen molar-refractivity contribution >= 4 is 10.9 Å². The molecule has 0 bridgehead atoms. The molecule has 32 heavy (non-hydrogen) atoms.